The van der Waals surface area contributed by atoms with Crippen molar-refractivity contribution in [1.82, 2.24) is 24.5 Å². The lowest BCUT2D eigenvalue weighted by Crippen LogP contribution is -2.12. The summed E-state index contributed by atoms with van der Waals surface area (Å²) in [5.41, 5.74) is 4.46. The molecule has 1 N–H and O–H groups in total. The van der Waals surface area contributed by atoms with E-state index in [9.17, 15) is 4.79 Å². The van der Waals surface area contributed by atoms with Gasteiger partial charge in [0.1, 0.15) is 17.2 Å². The Morgan fingerprint density at radius 1 is 1.00 bits per heavy atom. The molecule has 0 aliphatic rings. The minimum atomic E-state index is -0.324. The van der Waals surface area contributed by atoms with Gasteiger partial charge in [0.25, 0.3) is 5.91 Å². The number of hydrogen-bond donors (Lipinski definition) is 1. The van der Waals surface area contributed by atoms with Gasteiger partial charge in [0.05, 0.1) is 43.0 Å². The van der Waals surface area contributed by atoms with E-state index in [2.05, 4.69) is 15.4 Å². The van der Waals surface area contributed by atoms with Gasteiger partial charge in [-0.2, -0.15) is 10.2 Å². The number of pyridine rings is 1. The second-order valence-corrected chi connectivity index (χ2v) is 8.00. The van der Waals surface area contributed by atoms with Gasteiger partial charge in [0.2, 0.25) is 0 Å². The fraction of sp³-hybridized carbons (Fsp3) is 0.154. The highest BCUT2D eigenvalue weighted by molar-refractivity contribution is 6.09. The van der Waals surface area contributed by atoms with Crippen LogP contribution >= 0.6 is 0 Å². The molecule has 0 saturated carbocycles. The molecule has 9 heteroatoms. The number of nitrogens with one attached hydrogen (secondary N) is 1. The Balaban J connectivity index is 1.60. The number of aryl methyl sites for hydroxylation is 2. The molecular formula is C26H24N6O3. The Hall–Kier alpha value is -4.66. The van der Waals surface area contributed by atoms with Gasteiger partial charge in [0, 0.05) is 24.2 Å². The van der Waals surface area contributed by atoms with Gasteiger partial charge >= 0.3 is 0 Å². The first kappa shape index (κ1) is 22.1. The van der Waals surface area contributed by atoms with E-state index in [1.165, 1.54) is 0 Å². The lowest BCUT2D eigenvalue weighted by molar-refractivity contribution is 0.102. The average Bonchev–Trinajstić information content (AvgIpc) is 3.45. The van der Waals surface area contributed by atoms with Crippen LogP contribution in [0.25, 0.3) is 28.0 Å². The third-order valence-electron chi connectivity index (χ3n) is 5.76. The molecule has 5 aromatic rings. The first-order chi connectivity index (χ1) is 17.0. The molecule has 2 aromatic carbocycles. The quantitative estimate of drug-likeness (QED) is 0.397. The number of methoxy groups -OCH3 is 2. The van der Waals surface area contributed by atoms with Crippen molar-refractivity contribution in [3.63, 3.8) is 0 Å². The summed E-state index contributed by atoms with van der Waals surface area (Å²) >= 11 is 0. The third-order valence-corrected chi connectivity index (χ3v) is 5.76. The Morgan fingerprint density at radius 2 is 1.80 bits per heavy atom. The van der Waals surface area contributed by atoms with E-state index in [1.807, 2.05) is 50.4 Å². The van der Waals surface area contributed by atoms with Crippen LogP contribution in [-0.2, 0) is 7.05 Å². The normalized spacial score (nSPS) is 11.0. The summed E-state index contributed by atoms with van der Waals surface area (Å²) in [5.74, 6) is 0.880. The van der Waals surface area contributed by atoms with Crippen LogP contribution in [0, 0.1) is 6.92 Å². The molecule has 0 fully saturated rings. The van der Waals surface area contributed by atoms with Gasteiger partial charge in [-0.15, -0.1) is 0 Å². The lowest BCUT2D eigenvalue weighted by atomic mass is 10.1. The molecule has 35 heavy (non-hydrogen) atoms. The molecule has 1 amide bonds. The number of nitrogens with zero attached hydrogens (tertiary/aromatic N) is 5. The van der Waals surface area contributed by atoms with Crippen LogP contribution in [0.5, 0.6) is 11.5 Å². The molecule has 0 unspecified atom stereocenters. The number of benzene rings is 2. The molecule has 5 rings (SSSR count). The fourth-order valence-electron chi connectivity index (χ4n) is 4.03. The smallest absolute Gasteiger partial charge is 0.259 e. The van der Waals surface area contributed by atoms with Crippen LogP contribution in [0.4, 0.5) is 5.69 Å². The Bertz CT molecular complexity index is 1540. The summed E-state index contributed by atoms with van der Waals surface area (Å²) in [5, 5.41) is 13.0. The maximum Gasteiger partial charge on any atom is 0.259 e. The number of fused-ring (bicyclic) bond motifs is 1. The zero-order valence-electron chi connectivity index (χ0n) is 19.8. The van der Waals surface area contributed by atoms with Gasteiger partial charge in [-0.05, 0) is 43.3 Å². The molecule has 0 aliphatic heterocycles. The van der Waals surface area contributed by atoms with Crippen molar-refractivity contribution in [2.75, 3.05) is 19.5 Å². The number of anilines is 1. The number of carbonyl (C=O) groups excluding carboxylic acids is 1. The minimum absolute atomic E-state index is 0.324. The van der Waals surface area contributed by atoms with E-state index in [0.29, 0.717) is 34.0 Å². The van der Waals surface area contributed by atoms with Crippen LogP contribution in [0.1, 0.15) is 16.1 Å². The Morgan fingerprint density at radius 3 is 2.54 bits per heavy atom. The van der Waals surface area contributed by atoms with E-state index in [4.69, 9.17) is 14.6 Å². The summed E-state index contributed by atoms with van der Waals surface area (Å²) in [6.45, 7) is 1.91. The van der Waals surface area contributed by atoms with Gasteiger partial charge in [-0.25, -0.2) is 9.67 Å². The largest absolute Gasteiger partial charge is 0.497 e. The molecular weight excluding hydrogens is 444 g/mol. The molecule has 0 saturated heterocycles. The molecule has 0 aliphatic carbocycles. The molecule has 9 nitrogen and oxygen atoms in total. The van der Waals surface area contributed by atoms with Gasteiger partial charge in [-0.3, -0.25) is 9.48 Å². The highest BCUT2D eigenvalue weighted by atomic mass is 16.5. The highest BCUT2D eigenvalue weighted by Crippen LogP contribution is 2.35. The van der Waals surface area contributed by atoms with Crippen molar-refractivity contribution in [3.8, 4) is 28.4 Å². The SMILES string of the molecule is COc1ccc(OC)c(-c2nn(-c3ccccc3)cc2C(=O)Nc2cnc3c(c2)c(C)nn3C)c1. The monoisotopic (exact) mass is 468 g/mol. The number of ether oxygens (including phenoxy) is 2. The Kier molecular flexibility index (Phi) is 5.66. The topological polar surface area (TPSA) is 96.1 Å². The van der Waals surface area contributed by atoms with E-state index in [0.717, 1.165) is 22.4 Å². The van der Waals surface area contributed by atoms with Crippen molar-refractivity contribution < 1.29 is 14.3 Å². The number of carbonyl (C=O) groups is 1. The average molecular weight is 469 g/mol. The maximum absolute atomic E-state index is 13.5. The van der Waals surface area contributed by atoms with Gasteiger partial charge in [0.15, 0.2) is 5.65 Å². The van der Waals surface area contributed by atoms with Crippen molar-refractivity contribution >= 4 is 22.6 Å². The number of hydrogen-bond acceptors (Lipinski definition) is 6. The van der Waals surface area contributed by atoms with Crippen LogP contribution in [0.3, 0.4) is 0 Å². The van der Waals surface area contributed by atoms with Crippen LogP contribution < -0.4 is 14.8 Å². The van der Waals surface area contributed by atoms with Crippen molar-refractivity contribution in [3.05, 3.63) is 78.2 Å². The molecule has 0 radical (unpaired) electrons. The summed E-state index contributed by atoms with van der Waals surface area (Å²) in [6.07, 6.45) is 3.33. The molecule has 0 bridgehead atoms. The predicted octanol–water partition coefficient (Wildman–Crippen LogP) is 4.40. The minimum Gasteiger partial charge on any atom is -0.497 e. The van der Waals surface area contributed by atoms with Gasteiger partial charge in [-0.1, -0.05) is 18.2 Å². The van der Waals surface area contributed by atoms with E-state index >= 15 is 0 Å². The number of amides is 1. The maximum atomic E-state index is 13.5. The van der Waals surface area contributed by atoms with E-state index in [-0.39, 0.29) is 5.91 Å². The Labute approximate surface area is 201 Å². The van der Waals surface area contributed by atoms with Crippen molar-refractivity contribution in [2.45, 2.75) is 6.92 Å². The first-order valence-corrected chi connectivity index (χ1v) is 11.0. The second-order valence-electron chi connectivity index (χ2n) is 8.00. The molecule has 3 heterocycles. The summed E-state index contributed by atoms with van der Waals surface area (Å²) in [4.78, 5) is 18.0. The standard InChI is InChI=1S/C26H24N6O3/c1-16-20-12-17(14-27-25(20)31(2)29-16)28-26(33)22-15-32(18-8-6-5-7-9-18)30-24(22)21-13-19(34-3)10-11-23(21)35-4/h5-15H,1-4H3,(H,28,33). The lowest BCUT2D eigenvalue weighted by Gasteiger charge is -2.10. The van der Waals surface area contributed by atoms with Gasteiger partial charge < -0.3 is 14.8 Å². The second kappa shape index (κ2) is 8.94. The van der Waals surface area contributed by atoms with Crippen molar-refractivity contribution in [2.24, 2.45) is 7.05 Å². The summed E-state index contributed by atoms with van der Waals surface area (Å²) in [6, 6.07) is 16.9. The summed E-state index contributed by atoms with van der Waals surface area (Å²) in [7, 11) is 5.01. The number of rotatable bonds is 6. The molecule has 3 aromatic heterocycles. The summed E-state index contributed by atoms with van der Waals surface area (Å²) < 4.78 is 14.4. The third kappa shape index (κ3) is 4.08. The van der Waals surface area contributed by atoms with Crippen LogP contribution in [0.2, 0.25) is 0 Å². The van der Waals surface area contributed by atoms with Crippen molar-refractivity contribution in [1.29, 1.82) is 0 Å². The fourth-order valence-corrected chi connectivity index (χ4v) is 4.03. The number of aromatic nitrogens is 5. The molecule has 0 atom stereocenters. The molecule has 176 valence electrons. The first-order valence-electron chi connectivity index (χ1n) is 11.0. The highest BCUT2D eigenvalue weighted by Gasteiger charge is 2.22. The van der Waals surface area contributed by atoms with Crippen LogP contribution in [-0.4, -0.2) is 44.7 Å². The molecule has 0 spiro atoms. The zero-order valence-corrected chi connectivity index (χ0v) is 19.8. The number of para-hydroxylation sites is 1. The zero-order chi connectivity index (χ0) is 24.5. The van der Waals surface area contributed by atoms with Crippen LogP contribution in [0.15, 0.2) is 67.0 Å². The predicted molar refractivity (Wildman–Crippen MR) is 133 cm³/mol. The van der Waals surface area contributed by atoms with E-state index in [1.54, 1.807) is 54.2 Å². The van der Waals surface area contributed by atoms with E-state index < -0.39 is 0 Å².